The first-order valence-electron chi connectivity index (χ1n) is 6.78. The van der Waals surface area contributed by atoms with Crippen LogP contribution in [-0.4, -0.2) is 14.8 Å². The van der Waals surface area contributed by atoms with Crippen molar-refractivity contribution >= 4 is 11.5 Å². The lowest BCUT2D eigenvalue weighted by Crippen LogP contribution is -2.08. The van der Waals surface area contributed by atoms with Crippen molar-refractivity contribution in [1.82, 2.24) is 14.8 Å². The summed E-state index contributed by atoms with van der Waals surface area (Å²) in [6.07, 6.45) is 5.45. The van der Waals surface area contributed by atoms with Gasteiger partial charge in [-0.05, 0) is 36.2 Å². The quantitative estimate of drug-likeness (QED) is 0.770. The molecule has 3 rings (SSSR count). The summed E-state index contributed by atoms with van der Waals surface area (Å²) in [6.45, 7) is 2.61. The second kappa shape index (κ2) is 5.66. The summed E-state index contributed by atoms with van der Waals surface area (Å²) < 4.78 is 1.85. The number of aryl methyl sites for hydroxylation is 1. The number of benzene rings is 1. The highest BCUT2D eigenvalue weighted by atomic mass is 15.3. The summed E-state index contributed by atoms with van der Waals surface area (Å²) >= 11 is 0. The van der Waals surface area contributed by atoms with Gasteiger partial charge in [-0.15, -0.1) is 0 Å². The zero-order valence-electron chi connectivity index (χ0n) is 11.8. The topological polar surface area (TPSA) is 68.8 Å². The number of nitrogens with two attached hydrogens (primary N) is 1. The van der Waals surface area contributed by atoms with Gasteiger partial charge in [0.2, 0.25) is 0 Å². The van der Waals surface area contributed by atoms with Crippen molar-refractivity contribution in [2.24, 2.45) is 0 Å². The Morgan fingerprint density at radius 3 is 2.81 bits per heavy atom. The molecular formula is C16H17N5. The van der Waals surface area contributed by atoms with E-state index in [1.54, 1.807) is 12.4 Å². The Kier molecular flexibility index (Phi) is 3.55. The highest BCUT2D eigenvalue weighted by Gasteiger charge is 2.06. The largest absolute Gasteiger partial charge is 0.396 e. The SMILES string of the molecule is Cc1ccnc(NCc2ccccc2-n2cccn2)c1N. The molecular weight excluding hydrogens is 262 g/mol. The molecule has 0 atom stereocenters. The molecule has 0 spiro atoms. The van der Waals surface area contributed by atoms with Gasteiger partial charge < -0.3 is 11.1 Å². The van der Waals surface area contributed by atoms with E-state index in [-0.39, 0.29) is 0 Å². The number of nitrogen functional groups attached to an aromatic ring is 1. The van der Waals surface area contributed by atoms with Gasteiger partial charge in [0.15, 0.2) is 0 Å². The van der Waals surface area contributed by atoms with Crippen LogP contribution in [0.1, 0.15) is 11.1 Å². The second-order valence-corrected chi connectivity index (χ2v) is 4.82. The monoisotopic (exact) mass is 279 g/mol. The molecule has 0 aliphatic rings. The molecule has 5 nitrogen and oxygen atoms in total. The van der Waals surface area contributed by atoms with E-state index in [0.29, 0.717) is 18.1 Å². The van der Waals surface area contributed by atoms with Crippen LogP contribution in [0, 0.1) is 6.92 Å². The summed E-state index contributed by atoms with van der Waals surface area (Å²) in [7, 11) is 0. The second-order valence-electron chi connectivity index (χ2n) is 4.82. The first-order valence-corrected chi connectivity index (χ1v) is 6.78. The molecule has 5 heteroatoms. The molecule has 0 saturated heterocycles. The Balaban J connectivity index is 1.85. The van der Waals surface area contributed by atoms with Crippen LogP contribution in [0.3, 0.4) is 0 Å². The minimum absolute atomic E-state index is 0.636. The zero-order chi connectivity index (χ0) is 14.7. The number of nitrogens with zero attached hydrogens (tertiary/aromatic N) is 3. The van der Waals surface area contributed by atoms with Crippen molar-refractivity contribution in [1.29, 1.82) is 0 Å². The van der Waals surface area contributed by atoms with E-state index in [1.807, 2.05) is 48.1 Å². The summed E-state index contributed by atoms with van der Waals surface area (Å²) in [5.74, 6) is 0.713. The molecule has 21 heavy (non-hydrogen) atoms. The summed E-state index contributed by atoms with van der Waals surface area (Å²) in [6, 6.07) is 11.9. The first-order chi connectivity index (χ1) is 10.3. The predicted molar refractivity (Wildman–Crippen MR) is 84.3 cm³/mol. The number of nitrogens with one attached hydrogen (secondary N) is 1. The molecule has 1 aromatic carbocycles. The fourth-order valence-corrected chi connectivity index (χ4v) is 2.18. The Bertz CT molecular complexity index is 734. The van der Waals surface area contributed by atoms with Gasteiger partial charge in [0, 0.05) is 25.1 Å². The van der Waals surface area contributed by atoms with Crippen LogP contribution in [0.4, 0.5) is 11.5 Å². The Morgan fingerprint density at radius 1 is 1.14 bits per heavy atom. The molecule has 0 unspecified atom stereocenters. The van der Waals surface area contributed by atoms with Gasteiger partial charge in [-0.25, -0.2) is 9.67 Å². The highest BCUT2D eigenvalue weighted by Crippen LogP contribution is 2.21. The number of hydrogen-bond acceptors (Lipinski definition) is 4. The van der Waals surface area contributed by atoms with Crippen LogP contribution in [0.5, 0.6) is 0 Å². The van der Waals surface area contributed by atoms with E-state index < -0.39 is 0 Å². The molecule has 3 N–H and O–H groups in total. The molecule has 106 valence electrons. The number of pyridine rings is 1. The Morgan fingerprint density at radius 2 is 2.00 bits per heavy atom. The lowest BCUT2D eigenvalue weighted by Gasteiger charge is -2.13. The average Bonchev–Trinajstić information content (AvgIpc) is 3.03. The van der Waals surface area contributed by atoms with E-state index in [0.717, 1.165) is 16.8 Å². The van der Waals surface area contributed by atoms with E-state index in [2.05, 4.69) is 21.5 Å². The highest BCUT2D eigenvalue weighted by molar-refractivity contribution is 5.65. The van der Waals surface area contributed by atoms with Gasteiger partial charge in [-0.3, -0.25) is 0 Å². The first kappa shape index (κ1) is 13.2. The fraction of sp³-hybridized carbons (Fsp3) is 0.125. The minimum Gasteiger partial charge on any atom is -0.396 e. The lowest BCUT2D eigenvalue weighted by molar-refractivity contribution is 0.863. The van der Waals surface area contributed by atoms with Crippen LogP contribution in [0.15, 0.2) is 55.0 Å². The van der Waals surface area contributed by atoms with Gasteiger partial charge in [-0.1, -0.05) is 18.2 Å². The molecule has 0 radical (unpaired) electrons. The maximum Gasteiger partial charge on any atom is 0.149 e. The predicted octanol–water partition coefficient (Wildman–Crippen LogP) is 2.77. The number of aromatic nitrogens is 3. The molecule has 0 amide bonds. The molecule has 2 aromatic heterocycles. The Hall–Kier alpha value is -2.82. The van der Waals surface area contributed by atoms with Crippen LogP contribution in [0.25, 0.3) is 5.69 Å². The van der Waals surface area contributed by atoms with Crippen molar-refractivity contribution in [2.45, 2.75) is 13.5 Å². The van der Waals surface area contributed by atoms with Crippen molar-refractivity contribution in [3.63, 3.8) is 0 Å². The third-order valence-corrected chi connectivity index (χ3v) is 3.40. The third kappa shape index (κ3) is 2.72. The van der Waals surface area contributed by atoms with Crippen LogP contribution < -0.4 is 11.1 Å². The minimum atomic E-state index is 0.636. The van der Waals surface area contributed by atoms with Gasteiger partial charge >= 0.3 is 0 Å². The van der Waals surface area contributed by atoms with Gasteiger partial charge in [0.25, 0.3) is 0 Å². The molecule has 0 bridgehead atoms. The maximum absolute atomic E-state index is 6.04. The van der Waals surface area contributed by atoms with Crippen molar-refractivity contribution in [2.75, 3.05) is 11.1 Å². The number of para-hydroxylation sites is 1. The van der Waals surface area contributed by atoms with Crippen molar-refractivity contribution in [3.05, 3.63) is 66.1 Å². The summed E-state index contributed by atoms with van der Waals surface area (Å²) in [4.78, 5) is 4.29. The van der Waals surface area contributed by atoms with E-state index in [4.69, 9.17) is 5.73 Å². The molecule has 0 saturated carbocycles. The number of rotatable bonds is 4. The van der Waals surface area contributed by atoms with Crippen LogP contribution >= 0.6 is 0 Å². The molecule has 2 heterocycles. The third-order valence-electron chi connectivity index (χ3n) is 3.40. The standard InChI is InChI=1S/C16H17N5/c1-12-7-9-18-16(15(12)17)19-11-13-5-2-3-6-14(13)21-10-4-8-20-21/h2-10H,11,17H2,1H3,(H,18,19). The van der Waals surface area contributed by atoms with Crippen molar-refractivity contribution in [3.8, 4) is 5.69 Å². The van der Waals surface area contributed by atoms with Gasteiger partial charge in [0.05, 0.1) is 11.4 Å². The number of anilines is 2. The summed E-state index contributed by atoms with van der Waals surface area (Å²) in [5, 5.41) is 7.58. The van der Waals surface area contributed by atoms with Gasteiger partial charge in [0.1, 0.15) is 5.82 Å². The molecule has 0 fully saturated rings. The van der Waals surface area contributed by atoms with Crippen LogP contribution in [-0.2, 0) is 6.54 Å². The van der Waals surface area contributed by atoms with Gasteiger partial charge in [-0.2, -0.15) is 5.10 Å². The van der Waals surface area contributed by atoms with E-state index >= 15 is 0 Å². The molecule has 3 aromatic rings. The maximum atomic E-state index is 6.04. The number of hydrogen-bond donors (Lipinski definition) is 2. The lowest BCUT2D eigenvalue weighted by atomic mass is 10.1. The fourth-order valence-electron chi connectivity index (χ4n) is 2.18. The molecule has 0 aliphatic heterocycles. The normalized spacial score (nSPS) is 10.5. The van der Waals surface area contributed by atoms with E-state index in [9.17, 15) is 0 Å². The Labute approximate surface area is 123 Å². The molecule has 0 aliphatic carbocycles. The van der Waals surface area contributed by atoms with Crippen LogP contribution in [0.2, 0.25) is 0 Å². The van der Waals surface area contributed by atoms with E-state index in [1.165, 1.54) is 0 Å². The average molecular weight is 279 g/mol. The zero-order valence-corrected chi connectivity index (χ0v) is 11.8. The van der Waals surface area contributed by atoms with Crippen molar-refractivity contribution < 1.29 is 0 Å². The smallest absolute Gasteiger partial charge is 0.149 e. The summed E-state index contributed by atoms with van der Waals surface area (Å²) in [5.41, 5.74) is 9.92.